The molecule has 2 fully saturated rings. The lowest BCUT2D eigenvalue weighted by atomic mass is 10.1. The Morgan fingerprint density at radius 2 is 1.96 bits per heavy atom. The van der Waals surface area contributed by atoms with Gasteiger partial charge >= 0.3 is 0 Å². The third-order valence-electron chi connectivity index (χ3n) is 5.85. The number of carbonyl (C=O) groups is 1. The van der Waals surface area contributed by atoms with Crippen LogP contribution in [0.1, 0.15) is 37.1 Å². The average molecular weight is 423 g/mol. The molecule has 0 radical (unpaired) electrons. The highest BCUT2D eigenvalue weighted by Crippen LogP contribution is 2.29. The number of benzene rings is 1. The predicted molar refractivity (Wildman–Crippen MR) is 111 cm³/mol. The van der Waals surface area contributed by atoms with E-state index in [0.717, 1.165) is 41.1 Å². The van der Waals surface area contributed by atoms with Gasteiger partial charge in [-0.25, -0.2) is 13.4 Å². The van der Waals surface area contributed by atoms with E-state index in [9.17, 15) is 13.2 Å². The van der Waals surface area contributed by atoms with Crippen LogP contribution in [0.25, 0.3) is 10.2 Å². The van der Waals surface area contributed by atoms with Gasteiger partial charge in [0.25, 0.3) is 5.91 Å². The van der Waals surface area contributed by atoms with Crippen LogP contribution in [0.4, 0.5) is 0 Å². The number of hydrogen-bond donors (Lipinski definition) is 1. The number of fused-ring (bicyclic) bond motifs is 1. The fourth-order valence-electron chi connectivity index (χ4n) is 4.55. The zero-order valence-electron chi connectivity index (χ0n) is 16.3. The molecule has 8 heteroatoms. The number of thiazole rings is 1. The van der Waals surface area contributed by atoms with Crippen LogP contribution in [0.3, 0.4) is 0 Å². The van der Waals surface area contributed by atoms with Gasteiger partial charge in [-0.15, -0.1) is 11.3 Å². The predicted octanol–water partition coefficient (Wildman–Crippen LogP) is 1.27. The van der Waals surface area contributed by atoms with Crippen LogP contribution >= 0.6 is 11.3 Å². The van der Waals surface area contributed by atoms with Crippen molar-refractivity contribution >= 4 is 37.3 Å². The first-order valence-corrected chi connectivity index (χ1v) is 12.7. The second-order valence-corrected chi connectivity index (χ2v) is 11.5. The van der Waals surface area contributed by atoms with Gasteiger partial charge in [0.1, 0.15) is 11.6 Å². The molecule has 2 aromatic rings. The Bertz CT molecular complexity index is 918. The number of para-hydroxylation sites is 1. The van der Waals surface area contributed by atoms with Gasteiger partial charge in [-0.1, -0.05) is 25.0 Å². The fourth-order valence-corrected chi connectivity index (χ4v) is 7.34. The number of aromatic nitrogens is 1. The first kappa shape index (κ1) is 19.8. The van der Waals surface area contributed by atoms with Gasteiger partial charge in [-0.2, -0.15) is 0 Å². The molecule has 0 spiro atoms. The Morgan fingerprint density at radius 1 is 1.21 bits per heavy atom. The third kappa shape index (κ3) is 4.39. The summed E-state index contributed by atoms with van der Waals surface area (Å²) in [6.07, 6.45) is 4.84. The maximum absolute atomic E-state index is 13.2. The Labute approximate surface area is 170 Å². The zero-order valence-corrected chi connectivity index (χ0v) is 17.9. The van der Waals surface area contributed by atoms with Gasteiger partial charge in [0.15, 0.2) is 16.4 Å². The minimum atomic E-state index is -3.00. The van der Waals surface area contributed by atoms with Crippen LogP contribution < -0.4 is 4.90 Å². The lowest BCUT2D eigenvalue weighted by molar-refractivity contribution is -0.885. The minimum Gasteiger partial charge on any atom is -0.331 e. The number of sulfone groups is 1. The lowest BCUT2D eigenvalue weighted by Gasteiger charge is -2.34. The first-order chi connectivity index (χ1) is 13.4. The second kappa shape index (κ2) is 8.08. The van der Waals surface area contributed by atoms with Crippen LogP contribution in [0.2, 0.25) is 0 Å². The van der Waals surface area contributed by atoms with Crippen molar-refractivity contribution in [1.29, 1.82) is 0 Å². The molecule has 1 saturated heterocycles. The number of likely N-dealkylation sites (N-methyl/N-ethyl adjacent to an activating group) is 1. The molecule has 1 aliphatic heterocycles. The normalized spacial score (nSPS) is 23.2. The molecule has 4 rings (SSSR count). The van der Waals surface area contributed by atoms with Crippen LogP contribution in [-0.4, -0.2) is 61.4 Å². The standard InChI is InChI=1S/C20H27N3O3S2/c1-22(12-19-21-17-8-4-5-9-18(17)27-19)13-20(24)23(15-6-2-3-7-15)16-10-11-28(25,26)14-16/h4-5,8-9,15-16H,2-3,6-7,10-14H2,1H3/p+1/t16-/m1/s1. The monoisotopic (exact) mass is 422 g/mol. The molecule has 1 unspecified atom stereocenters. The van der Waals surface area contributed by atoms with Gasteiger partial charge in [-0.3, -0.25) is 4.79 Å². The van der Waals surface area contributed by atoms with Crippen molar-refractivity contribution in [2.24, 2.45) is 0 Å². The number of carbonyl (C=O) groups excluding carboxylic acids is 1. The van der Waals surface area contributed by atoms with Gasteiger partial charge in [0.2, 0.25) is 0 Å². The van der Waals surface area contributed by atoms with Crippen molar-refractivity contribution in [3.05, 3.63) is 29.3 Å². The molecule has 6 nitrogen and oxygen atoms in total. The number of quaternary nitrogens is 1. The third-order valence-corrected chi connectivity index (χ3v) is 8.64. The summed E-state index contributed by atoms with van der Waals surface area (Å²) in [7, 11) is -0.988. The molecule has 1 N–H and O–H groups in total. The maximum Gasteiger partial charge on any atom is 0.278 e. The molecule has 2 aliphatic rings. The molecule has 28 heavy (non-hydrogen) atoms. The zero-order chi connectivity index (χ0) is 19.7. The summed E-state index contributed by atoms with van der Waals surface area (Å²) in [6.45, 7) is 1.08. The maximum atomic E-state index is 13.2. The van der Waals surface area contributed by atoms with Gasteiger partial charge < -0.3 is 9.80 Å². The molecule has 1 aromatic heterocycles. The van der Waals surface area contributed by atoms with E-state index in [-0.39, 0.29) is 29.5 Å². The molecule has 1 aliphatic carbocycles. The molecule has 1 aromatic carbocycles. The highest BCUT2D eigenvalue weighted by Gasteiger charge is 2.39. The van der Waals surface area contributed by atoms with E-state index in [2.05, 4.69) is 11.1 Å². The van der Waals surface area contributed by atoms with E-state index in [1.165, 1.54) is 4.70 Å². The van der Waals surface area contributed by atoms with Crippen molar-refractivity contribution in [3.63, 3.8) is 0 Å². The molecule has 2 atom stereocenters. The number of nitrogens with zero attached hydrogens (tertiary/aromatic N) is 2. The van der Waals surface area contributed by atoms with Crippen molar-refractivity contribution in [2.75, 3.05) is 25.1 Å². The SMILES string of the molecule is C[NH+](CC(=O)N(C1CCCC1)[C@@H]1CCS(=O)(=O)C1)Cc1nc2ccccc2s1. The number of hydrogen-bond acceptors (Lipinski definition) is 5. The summed E-state index contributed by atoms with van der Waals surface area (Å²) in [6, 6.07) is 8.15. The van der Waals surface area contributed by atoms with E-state index < -0.39 is 9.84 Å². The Kier molecular flexibility index (Phi) is 5.71. The molecule has 2 heterocycles. The van der Waals surface area contributed by atoms with Crippen molar-refractivity contribution in [1.82, 2.24) is 9.88 Å². The molecular formula is C20H28N3O3S2+. The summed E-state index contributed by atoms with van der Waals surface area (Å²) < 4.78 is 25.1. The van der Waals surface area contributed by atoms with Crippen LogP contribution in [-0.2, 0) is 21.2 Å². The highest BCUT2D eigenvalue weighted by molar-refractivity contribution is 7.91. The molecule has 1 saturated carbocycles. The van der Waals surface area contributed by atoms with E-state index >= 15 is 0 Å². The fraction of sp³-hybridized carbons (Fsp3) is 0.600. The van der Waals surface area contributed by atoms with E-state index in [1.807, 2.05) is 30.1 Å². The smallest absolute Gasteiger partial charge is 0.278 e. The number of nitrogens with one attached hydrogen (secondary N) is 1. The Hall–Kier alpha value is -1.51. The summed E-state index contributed by atoms with van der Waals surface area (Å²) in [5.41, 5.74) is 1.00. The number of rotatable bonds is 6. The van der Waals surface area contributed by atoms with Gasteiger partial charge in [-0.05, 0) is 31.4 Å². The molecular weight excluding hydrogens is 394 g/mol. The van der Waals surface area contributed by atoms with E-state index in [1.54, 1.807) is 11.3 Å². The lowest BCUT2D eigenvalue weighted by Crippen LogP contribution is -3.09. The summed E-state index contributed by atoms with van der Waals surface area (Å²) in [5.74, 6) is 0.432. The largest absolute Gasteiger partial charge is 0.331 e. The number of amides is 1. The summed E-state index contributed by atoms with van der Waals surface area (Å²) >= 11 is 1.68. The Morgan fingerprint density at radius 3 is 2.64 bits per heavy atom. The molecule has 1 amide bonds. The van der Waals surface area contributed by atoms with Crippen LogP contribution in [0.5, 0.6) is 0 Å². The van der Waals surface area contributed by atoms with Crippen LogP contribution in [0.15, 0.2) is 24.3 Å². The summed E-state index contributed by atoms with van der Waals surface area (Å²) in [5, 5.41) is 1.03. The Balaban J connectivity index is 1.44. The quantitative estimate of drug-likeness (QED) is 0.761. The average Bonchev–Trinajstić information content (AvgIpc) is 3.35. The van der Waals surface area contributed by atoms with Crippen molar-refractivity contribution < 1.29 is 18.1 Å². The molecule has 152 valence electrons. The van der Waals surface area contributed by atoms with Crippen LogP contribution in [0, 0.1) is 0 Å². The van der Waals surface area contributed by atoms with Crippen molar-refractivity contribution in [2.45, 2.75) is 50.7 Å². The first-order valence-electron chi connectivity index (χ1n) is 10.1. The summed E-state index contributed by atoms with van der Waals surface area (Å²) in [4.78, 5) is 20.9. The van der Waals surface area contributed by atoms with Crippen molar-refractivity contribution in [3.8, 4) is 0 Å². The van der Waals surface area contributed by atoms with Gasteiger partial charge in [0, 0.05) is 12.1 Å². The molecule has 0 bridgehead atoms. The van der Waals surface area contributed by atoms with E-state index in [0.29, 0.717) is 19.5 Å². The highest BCUT2D eigenvalue weighted by atomic mass is 32.2. The topological polar surface area (TPSA) is 71.8 Å². The van der Waals surface area contributed by atoms with E-state index in [4.69, 9.17) is 0 Å². The minimum absolute atomic E-state index is 0.0904. The second-order valence-electron chi connectivity index (χ2n) is 8.18. The van der Waals surface area contributed by atoms with Gasteiger partial charge in [0.05, 0.1) is 28.8 Å².